The van der Waals surface area contributed by atoms with Crippen LogP contribution in [0.5, 0.6) is 5.75 Å². The van der Waals surface area contributed by atoms with Crippen molar-refractivity contribution in [2.45, 2.75) is 17.9 Å². The number of methoxy groups -OCH3 is 1. The third-order valence-electron chi connectivity index (χ3n) is 3.01. The second-order valence-corrected chi connectivity index (χ2v) is 5.71. The Kier molecular flexibility index (Phi) is 5.04. The molecule has 2 aromatic rings. The molecule has 106 valence electrons. The van der Waals surface area contributed by atoms with E-state index in [1.54, 1.807) is 24.9 Å². The van der Waals surface area contributed by atoms with E-state index >= 15 is 0 Å². The fourth-order valence-electron chi connectivity index (χ4n) is 1.98. The summed E-state index contributed by atoms with van der Waals surface area (Å²) >= 11 is 1.54. The highest BCUT2D eigenvalue weighted by atomic mass is 32.2. The monoisotopic (exact) mass is 291 g/mol. The van der Waals surface area contributed by atoms with Crippen molar-refractivity contribution in [3.63, 3.8) is 0 Å². The van der Waals surface area contributed by atoms with Crippen molar-refractivity contribution in [2.24, 2.45) is 5.73 Å². The lowest BCUT2D eigenvalue weighted by atomic mass is 10.1. The smallest absolute Gasteiger partial charge is 0.124 e. The Balaban J connectivity index is 2.08. The Morgan fingerprint density at radius 3 is 2.75 bits per heavy atom. The lowest BCUT2D eigenvalue weighted by molar-refractivity contribution is 0.407. The normalized spacial score (nSPS) is 12.2. The van der Waals surface area contributed by atoms with Crippen molar-refractivity contribution in [1.29, 1.82) is 0 Å². The predicted octanol–water partition coefficient (Wildman–Crippen LogP) is 3.93. The Morgan fingerprint density at radius 1 is 1.25 bits per heavy atom. The molecule has 20 heavy (non-hydrogen) atoms. The zero-order chi connectivity index (χ0) is 14.5. The van der Waals surface area contributed by atoms with Gasteiger partial charge < -0.3 is 10.5 Å². The topological polar surface area (TPSA) is 35.2 Å². The van der Waals surface area contributed by atoms with Gasteiger partial charge in [0.15, 0.2) is 0 Å². The fraction of sp³-hybridized carbons (Fsp3) is 0.250. The van der Waals surface area contributed by atoms with Crippen LogP contribution in [0.3, 0.4) is 0 Å². The van der Waals surface area contributed by atoms with Crippen LogP contribution >= 0.6 is 11.8 Å². The van der Waals surface area contributed by atoms with Gasteiger partial charge in [0.05, 0.1) is 7.11 Å². The van der Waals surface area contributed by atoms with Crippen molar-refractivity contribution in [2.75, 3.05) is 12.9 Å². The minimum absolute atomic E-state index is 0.155. The van der Waals surface area contributed by atoms with Crippen molar-refractivity contribution in [3.05, 3.63) is 59.4 Å². The van der Waals surface area contributed by atoms with Gasteiger partial charge >= 0.3 is 0 Å². The maximum Gasteiger partial charge on any atom is 0.124 e. The molecule has 0 bridgehead atoms. The number of ether oxygens (including phenoxy) is 1. The molecule has 1 atom stereocenters. The van der Waals surface area contributed by atoms with Crippen LogP contribution < -0.4 is 10.5 Å². The van der Waals surface area contributed by atoms with E-state index in [0.29, 0.717) is 5.75 Å². The van der Waals surface area contributed by atoms with E-state index < -0.39 is 0 Å². The summed E-state index contributed by atoms with van der Waals surface area (Å²) in [5.41, 5.74) is 8.36. The first-order valence-corrected chi connectivity index (χ1v) is 7.37. The summed E-state index contributed by atoms with van der Waals surface area (Å²) in [7, 11) is 1.64. The second kappa shape index (κ2) is 6.77. The molecular formula is C16H18FNOS. The van der Waals surface area contributed by atoms with Gasteiger partial charge in [0.1, 0.15) is 11.6 Å². The van der Waals surface area contributed by atoms with Crippen molar-refractivity contribution in [3.8, 4) is 5.75 Å². The molecule has 0 amide bonds. The van der Waals surface area contributed by atoms with E-state index in [0.717, 1.165) is 21.8 Å². The molecule has 2 nitrogen and oxygen atoms in total. The van der Waals surface area contributed by atoms with Gasteiger partial charge in [-0.25, -0.2) is 4.39 Å². The van der Waals surface area contributed by atoms with Gasteiger partial charge in [-0.3, -0.25) is 0 Å². The van der Waals surface area contributed by atoms with Crippen LogP contribution in [0.25, 0.3) is 0 Å². The molecule has 4 heteroatoms. The molecule has 0 aliphatic carbocycles. The largest absolute Gasteiger partial charge is 0.496 e. The quantitative estimate of drug-likeness (QED) is 0.848. The molecule has 1 unspecified atom stereocenters. The maximum atomic E-state index is 13.1. The van der Waals surface area contributed by atoms with Gasteiger partial charge in [-0.15, -0.1) is 11.8 Å². The first-order valence-electron chi connectivity index (χ1n) is 6.38. The number of rotatable bonds is 5. The van der Waals surface area contributed by atoms with Crippen molar-refractivity contribution < 1.29 is 9.13 Å². The summed E-state index contributed by atoms with van der Waals surface area (Å²) in [6.45, 7) is 2.02. The average molecular weight is 291 g/mol. The van der Waals surface area contributed by atoms with Crippen molar-refractivity contribution in [1.82, 2.24) is 0 Å². The lowest BCUT2D eigenvalue weighted by Gasteiger charge is -2.16. The maximum absolute atomic E-state index is 13.1. The molecule has 2 N–H and O–H groups in total. The van der Waals surface area contributed by atoms with Gasteiger partial charge in [0, 0.05) is 22.3 Å². The number of hydrogen-bond donors (Lipinski definition) is 1. The van der Waals surface area contributed by atoms with Gasteiger partial charge in [-0.05, 0) is 31.2 Å². The first kappa shape index (κ1) is 14.9. The van der Waals surface area contributed by atoms with Gasteiger partial charge in [-0.2, -0.15) is 0 Å². The zero-order valence-electron chi connectivity index (χ0n) is 11.6. The molecule has 0 saturated heterocycles. The number of nitrogens with two attached hydrogens (primary N) is 1. The van der Waals surface area contributed by atoms with Gasteiger partial charge in [0.2, 0.25) is 0 Å². The minimum Gasteiger partial charge on any atom is -0.496 e. The second-order valence-electron chi connectivity index (χ2n) is 4.62. The molecule has 0 spiro atoms. The van der Waals surface area contributed by atoms with E-state index in [-0.39, 0.29) is 11.9 Å². The van der Waals surface area contributed by atoms with E-state index in [1.807, 2.05) is 31.2 Å². The third kappa shape index (κ3) is 3.74. The molecule has 0 aromatic heterocycles. The molecule has 2 rings (SSSR count). The summed E-state index contributed by atoms with van der Waals surface area (Å²) < 4.78 is 18.5. The number of hydrogen-bond acceptors (Lipinski definition) is 3. The minimum atomic E-state index is -0.225. The molecule has 0 aliphatic heterocycles. The summed E-state index contributed by atoms with van der Waals surface area (Å²) in [5.74, 6) is 1.24. The highest BCUT2D eigenvalue weighted by molar-refractivity contribution is 7.99. The van der Waals surface area contributed by atoms with Crippen LogP contribution in [0.1, 0.15) is 17.2 Å². The van der Waals surface area contributed by atoms with Gasteiger partial charge in [0.25, 0.3) is 0 Å². The Hall–Kier alpha value is -1.52. The van der Waals surface area contributed by atoms with Gasteiger partial charge in [-0.1, -0.05) is 23.8 Å². The Morgan fingerprint density at radius 2 is 2.05 bits per heavy atom. The highest BCUT2D eigenvalue weighted by Crippen LogP contribution is 2.29. The highest BCUT2D eigenvalue weighted by Gasteiger charge is 2.12. The molecule has 0 saturated carbocycles. The van der Waals surface area contributed by atoms with Crippen LogP contribution in [0.2, 0.25) is 0 Å². The summed E-state index contributed by atoms with van der Waals surface area (Å²) in [6.07, 6.45) is 0. The molecule has 0 fully saturated rings. The molecule has 0 aliphatic rings. The number of benzene rings is 2. The standard InChI is InChI=1S/C16H18FNOS/c1-11-6-7-16(19-2)14(8-11)15(18)10-20-13-5-3-4-12(17)9-13/h3-9,15H,10,18H2,1-2H3. The summed E-state index contributed by atoms with van der Waals surface area (Å²) in [5, 5.41) is 0. The van der Waals surface area contributed by atoms with Crippen LogP contribution in [0, 0.1) is 12.7 Å². The lowest BCUT2D eigenvalue weighted by Crippen LogP contribution is -2.14. The first-order chi connectivity index (χ1) is 9.60. The van der Waals surface area contributed by atoms with Crippen molar-refractivity contribution >= 4 is 11.8 Å². The van der Waals surface area contributed by atoms with E-state index in [9.17, 15) is 4.39 Å². The molecular weight excluding hydrogens is 273 g/mol. The SMILES string of the molecule is COc1ccc(C)cc1C(N)CSc1cccc(F)c1. The van der Waals surface area contributed by atoms with Crippen LogP contribution in [0.15, 0.2) is 47.4 Å². The predicted molar refractivity (Wildman–Crippen MR) is 81.8 cm³/mol. The van der Waals surface area contributed by atoms with E-state index in [4.69, 9.17) is 10.5 Å². The van der Waals surface area contributed by atoms with Crippen LogP contribution in [-0.2, 0) is 0 Å². The average Bonchev–Trinajstić information content (AvgIpc) is 2.45. The number of aryl methyl sites for hydroxylation is 1. The summed E-state index contributed by atoms with van der Waals surface area (Å²) in [4.78, 5) is 0.882. The Bertz CT molecular complexity index is 588. The van der Waals surface area contributed by atoms with E-state index in [2.05, 4.69) is 0 Å². The zero-order valence-corrected chi connectivity index (χ0v) is 12.4. The van der Waals surface area contributed by atoms with E-state index in [1.165, 1.54) is 12.1 Å². The van der Waals surface area contributed by atoms with Crippen LogP contribution in [-0.4, -0.2) is 12.9 Å². The third-order valence-corrected chi connectivity index (χ3v) is 4.12. The molecule has 2 aromatic carbocycles. The van der Waals surface area contributed by atoms with Crippen LogP contribution in [0.4, 0.5) is 4.39 Å². The fourth-order valence-corrected chi connectivity index (χ4v) is 2.90. The number of halogens is 1. The molecule has 0 radical (unpaired) electrons. The summed E-state index contributed by atoms with van der Waals surface area (Å²) in [6, 6.07) is 12.4. The molecule has 0 heterocycles. The number of thioether (sulfide) groups is 1. The Labute approximate surface area is 123 Å².